The van der Waals surface area contributed by atoms with Crippen molar-refractivity contribution in [3.63, 3.8) is 0 Å². The Balaban J connectivity index is 0.00000504. The monoisotopic (exact) mass is 1500 g/mol. The van der Waals surface area contributed by atoms with Gasteiger partial charge < -0.3 is 114 Å². The van der Waals surface area contributed by atoms with Gasteiger partial charge in [-0.15, -0.1) is 0 Å². The van der Waals surface area contributed by atoms with Crippen molar-refractivity contribution in [1.29, 1.82) is 0 Å². The van der Waals surface area contributed by atoms with Crippen LogP contribution in [-0.4, -0.2) is 266 Å². The summed E-state index contributed by atoms with van der Waals surface area (Å²) in [5.74, 6) is -5.31. The number of amides is 3. The molecule has 4 saturated heterocycles. The fraction of sp³-hybridized carbons (Fsp3) is 0.905. The Kier molecular flexibility index (Phi) is 36.4. The van der Waals surface area contributed by atoms with Gasteiger partial charge >= 0.3 is 12.1 Å². The first kappa shape index (κ1) is 88.1. The summed E-state index contributed by atoms with van der Waals surface area (Å²) < 4.78 is 63.6. The molecule has 31 heteroatoms. The molecule has 1 unspecified atom stereocenters. The predicted octanol–water partition coefficient (Wildman–Crippen LogP) is 1.92. The zero-order chi connectivity index (χ0) is 76.8. The molecule has 0 aromatic heterocycles. The summed E-state index contributed by atoms with van der Waals surface area (Å²) in [5, 5.41) is 117. The second-order valence-corrected chi connectivity index (χ2v) is 30.7. The normalized spacial score (nSPS) is 38.8. The highest BCUT2D eigenvalue weighted by molar-refractivity contribution is 5.85. The minimum atomic E-state index is -1.71. The van der Waals surface area contributed by atoms with E-state index in [0.717, 1.165) is 51.4 Å². The number of carboxylic acid groups (broad SMARTS) is 1. The van der Waals surface area contributed by atoms with Crippen molar-refractivity contribution < 1.29 is 137 Å². The highest BCUT2D eigenvalue weighted by Crippen LogP contribution is 2.44. The number of Topliss-reactive ketones (excluding diaryl/α,β-unsaturated/α-hetero) is 2. The van der Waals surface area contributed by atoms with Crippen LogP contribution in [-0.2, 0) is 85.7 Å². The van der Waals surface area contributed by atoms with Crippen LogP contribution in [0, 0.1) is 47.3 Å². The molecule has 4 aliphatic carbocycles. The molecule has 4 saturated carbocycles. The maximum Gasteiger partial charge on any atom is 0.373 e. The van der Waals surface area contributed by atoms with Crippen LogP contribution in [0.25, 0.3) is 0 Å². The Bertz CT molecular complexity index is 2700. The fourth-order valence-electron chi connectivity index (χ4n) is 16.7. The number of rotatable bonds is 35. The summed E-state index contributed by atoms with van der Waals surface area (Å²) in [6, 6.07) is -1.37. The number of hydrogen-bond donors (Lipinski definition) is 13. The number of carbonyl (C=O) groups excluding carboxylic acids is 7. The minimum absolute atomic E-state index is 0.0165. The SMILES string of the molecule is CC[C@H]1CC(C(=O)NCCCC(=O)CCC(=O)NCCCC(=O)[C@@H]2C[C@H](CC)[C@@H](O[C@@H]3O[C@@H](C)[C@@H](O)[C@@H](O)[C@@H]3O)[C@H](O[C@@H]3O[C@H](CO)[C@H](O)[C@H](O[C@@H](CC4CCCCC4)C(=O)O)[C@H]3NC(C)=O)C2)C[C@@H](O[C@@H]2O[C@H](CO)[C@H](O)[C@H](OCCC3CCCCC3)[C@H]2C)[C@@H]1O[C@@H]1O[C@@H](C)[C@@H](C)[C@@H](O)[C@@H]1O.O=C=O. The molecule has 602 valence electrons. The smallest absolute Gasteiger partial charge is 0.373 e. The van der Waals surface area contributed by atoms with E-state index in [1.807, 2.05) is 20.8 Å². The number of aliphatic hydroxyl groups excluding tert-OH is 9. The molecule has 3 amide bonds. The number of aliphatic hydroxyl groups is 9. The van der Waals surface area contributed by atoms with Gasteiger partial charge in [-0.05, 0) is 88.9 Å². The number of nitrogens with one attached hydrogen (secondary N) is 3. The van der Waals surface area contributed by atoms with Crippen LogP contribution < -0.4 is 16.0 Å². The van der Waals surface area contributed by atoms with Crippen molar-refractivity contribution >= 4 is 41.4 Å². The van der Waals surface area contributed by atoms with E-state index in [1.165, 1.54) is 33.1 Å². The molecule has 0 spiro atoms. The first-order chi connectivity index (χ1) is 50.2. The van der Waals surface area contributed by atoms with Gasteiger partial charge in [-0.25, -0.2) is 4.79 Å². The van der Waals surface area contributed by atoms with Gasteiger partial charge in [0.15, 0.2) is 31.3 Å². The lowest BCUT2D eigenvalue weighted by atomic mass is 9.74. The standard InChI is InChI=1S/C73H123N3O26.CO2/c1-8-44-31-46(33-50(65(44)102-73-63(89)61(87)58(84)40(6)95-73)98-71-56(76-41(7)79)67(60(86)54(36-78)100-71)96-52(69(91)92)30-43-20-14-11-15-21-43)49(81)23-17-27-74-55(82)25-24-48(80)22-16-28-75-68(90)47-32-45(9-2)66(101-72-62(88)57(83)37(3)39(5)94-72)51(34-47)97-70-38(4)64(59(85)53(35-77)99-70)93-29-26-42-18-12-10-13-19-42;2-1-3/h37-40,42-47,50-54,56-67,70-73,77-78,83-89H,8-36H2,1-7H3,(H,74,82)(H,75,90)(H,76,79)(H,91,92);/t37-,38-,39+,40+,44+,45+,46-,47?,50-,51-,52+,53-,54-,56-,57-,58-,59+,60+,61-,62+,63+,64-,65-,66-,67-,70-,71-,72+,73+;/m1./s1. The number of carboxylic acids is 1. The van der Waals surface area contributed by atoms with E-state index in [4.69, 9.17) is 57.0 Å². The summed E-state index contributed by atoms with van der Waals surface area (Å²) in [5.41, 5.74) is 0. The van der Waals surface area contributed by atoms with Crippen molar-refractivity contribution in [3.05, 3.63) is 0 Å². The van der Waals surface area contributed by atoms with Crippen LogP contribution in [0.1, 0.15) is 203 Å². The third-order valence-corrected chi connectivity index (χ3v) is 23.3. The number of carbonyl (C=O) groups is 6. The van der Waals surface area contributed by atoms with E-state index < -0.39 is 196 Å². The van der Waals surface area contributed by atoms with Crippen LogP contribution in [0.15, 0.2) is 0 Å². The highest BCUT2D eigenvalue weighted by Gasteiger charge is 2.55. The molecule has 105 heavy (non-hydrogen) atoms. The highest BCUT2D eigenvalue weighted by atomic mass is 16.7. The molecule has 4 heterocycles. The van der Waals surface area contributed by atoms with Gasteiger partial charge in [0, 0.05) is 76.0 Å². The third-order valence-electron chi connectivity index (χ3n) is 23.3. The molecule has 8 rings (SSSR count). The van der Waals surface area contributed by atoms with Crippen molar-refractivity contribution in [3.8, 4) is 0 Å². The van der Waals surface area contributed by atoms with Crippen molar-refractivity contribution in [2.45, 2.75) is 344 Å². The Labute approximate surface area is 615 Å². The van der Waals surface area contributed by atoms with Crippen molar-refractivity contribution in [2.24, 2.45) is 47.3 Å². The molecular formula is C74H123N3O28. The zero-order valence-electron chi connectivity index (χ0n) is 62.2. The number of ketones is 2. The maximum atomic E-state index is 14.3. The summed E-state index contributed by atoms with van der Waals surface area (Å²) in [6.07, 6.45) is -12.7. The molecule has 0 aromatic rings. The topological polar surface area (TPSA) is 467 Å². The van der Waals surface area contributed by atoms with Crippen molar-refractivity contribution in [1.82, 2.24) is 16.0 Å². The van der Waals surface area contributed by atoms with Gasteiger partial charge in [-0.3, -0.25) is 24.0 Å². The first-order valence-electron chi connectivity index (χ1n) is 38.7. The zero-order valence-corrected chi connectivity index (χ0v) is 62.2. The molecule has 29 atom stereocenters. The van der Waals surface area contributed by atoms with Gasteiger partial charge in [0.1, 0.15) is 72.5 Å². The van der Waals surface area contributed by atoms with Crippen LogP contribution in [0.3, 0.4) is 0 Å². The van der Waals surface area contributed by atoms with Crippen LogP contribution >= 0.6 is 0 Å². The molecule has 13 N–H and O–H groups in total. The van der Waals surface area contributed by atoms with Crippen LogP contribution in [0.2, 0.25) is 0 Å². The molecule has 0 bridgehead atoms. The van der Waals surface area contributed by atoms with Gasteiger partial charge in [0.05, 0.1) is 62.0 Å². The molecule has 0 radical (unpaired) electrons. The summed E-state index contributed by atoms with van der Waals surface area (Å²) in [6.45, 7) is 11.4. The Hall–Kier alpha value is -4.16. The predicted molar refractivity (Wildman–Crippen MR) is 368 cm³/mol. The van der Waals surface area contributed by atoms with E-state index >= 15 is 0 Å². The lowest BCUT2D eigenvalue weighted by Crippen LogP contribution is -2.67. The first-order valence-corrected chi connectivity index (χ1v) is 38.7. The minimum Gasteiger partial charge on any atom is -0.479 e. The Morgan fingerprint density at radius 1 is 0.533 bits per heavy atom. The van der Waals surface area contributed by atoms with Crippen LogP contribution in [0.5, 0.6) is 0 Å². The molecule has 4 aliphatic heterocycles. The summed E-state index contributed by atoms with van der Waals surface area (Å²) in [4.78, 5) is 96.7. The van der Waals surface area contributed by atoms with Gasteiger partial charge in [0.25, 0.3) is 0 Å². The second kappa shape index (κ2) is 43.4. The van der Waals surface area contributed by atoms with E-state index in [2.05, 4.69) is 16.0 Å². The van der Waals surface area contributed by atoms with Gasteiger partial charge in [-0.1, -0.05) is 105 Å². The lowest BCUT2D eigenvalue weighted by Gasteiger charge is -2.49. The summed E-state index contributed by atoms with van der Waals surface area (Å²) >= 11 is 0. The Morgan fingerprint density at radius 2 is 1.06 bits per heavy atom. The molecule has 8 aliphatic rings. The van der Waals surface area contributed by atoms with E-state index in [-0.39, 0.29) is 112 Å². The maximum absolute atomic E-state index is 14.3. The van der Waals surface area contributed by atoms with E-state index in [0.29, 0.717) is 38.2 Å². The molecule has 0 aromatic carbocycles. The van der Waals surface area contributed by atoms with Gasteiger partial charge in [0.2, 0.25) is 17.7 Å². The second-order valence-electron chi connectivity index (χ2n) is 30.7. The van der Waals surface area contributed by atoms with E-state index in [1.54, 1.807) is 13.8 Å². The molecule has 31 nitrogen and oxygen atoms in total. The van der Waals surface area contributed by atoms with Crippen LogP contribution in [0.4, 0.5) is 0 Å². The van der Waals surface area contributed by atoms with Gasteiger partial charge in [-0.2, -0.15) is 9.59 Å². The Morgan fingerprint density at radius 3 is 1.64 bits per heavy atom. The lowest BCUT2D eigenvalue weighted by molar-refractivity contribution is -0.338. The average Bonchev–Trinajstić information content (AvgIpc) is 0.786. The largest absolute Gasteiger partial charge is 0.479 e. The van der Waals surface area contributed by atoms with Crippen molar-refractivity contribution in [2.75, 3.05) is 32.9 Å². The van der Waals surface area contributed by atoms with E-state index in [9.17, 15) is 79.8 Å². The quantitative estimate of drug-likeness (QED) is 0.0403. The molecular weight excluding hydrogens is 1380 g/mol. The molecule has 8 fully saturated rings. The average molecular weight is 1500 g/mol. The number of aliphatic carboxylic acids is 1. The summed E-state index contributed by atoms with van der Waals surface area (Å²) in [7, 11) is 0. The number of ether oxygens (including phenoxy) is 10. The fourth-order valence-corrected chi connectivity index (χ4v) is 16.7. The third kappa shape index (κ3) is 24.7. The number of hydrogen-bond acceptors (Lipinski definition) is 27.